The highest BCUT2D eigenvalue weighted by atomic mass is 16.5. The Bertz CT molecular complexity index is 549. The van der Waals surface area contributed by atoms with Gasteiger partial charge in [-0.05, 0) is 50.8 Å². The van der Waals surface area contributed by atoms with Gasteiger partial charge in [0.15, 0.2) is 5.96 Å². The Morgan fingerprint density at radius 1 is 1.33 bits per heavy atom. The molecule has 2 rings (SSSR count). The van der Waals surface area contributed by atoms with E-state index in [1.165, 1.54) is 0 Å². The van der Waals surface area contributed by atoms with Crippen LogP contribution in [0.3, 0.4) is 0 Å². The minimum absolute atomic E-state index is 0.382. The van der Waals surface area contributed by atoms with Crippen LogP contribution in [0, 0.1) is 19.8 Å². The van der Waals surface area contributed by atoms with Crippen LogP contribution >= 0.6 is 0 Å². The van der Waals surface area contributed by atoms with Crippen molar-refractivity contribution in [3.63, 3.8) is 0 Å². The normalized spacial score (nSPS) is 18.2. The molecule has 1 fully saturated rings. The van der Waals surface area contributed by atoms with Crippen molar-refractivity contribution in [1.82, 2.24) is 10.2 Å². The second-order valence-corrected chi connectivity index (χ2v) is 6.51. The molecule has 0 aliphatic carbocycles. The highest BCUT2D eigenvalue weighted by Crippen LogP contribution is 2.23. The van der Waals surface area contributed by atoms with Gasteiger partial charge in [-0.2, -0.15) is 0 Å². The summed E-state index contributed by atoms with van der Waals surface area (Å²) in [6.45, 7) is 13.1. The number of nitrogens with one attached hydrogen (secondary N) is 1. The van der Waals surface area contributed by atoms with Crippen LogP contribution in [-0.4, -0.2) is 48.8 Å². The number of guanidine groups is 1. The predicted molar refractivity (Wildman–Crippen MR) is 98.6 cm³/mol. The summed E-state index contributed by atoms with van der Waals surface area (Å²) in [6, 6.07) is 4.02. The lowest BCUT2D eigenvalue weighted by Crippen LogP contribution is -2.40. The highest BCUT2D eigenvalue weighted by molar-refractivity contribution is 5.80. The summed E-state index contributed by atoms with van der Waals surface area (Å²) in [5, 5.41) is 13.3. The second-order valence-electron chi connectivity index (χ2n) is 6.51. The van der Waals surface area contributed by atoms with Gasteiger partial charge in [-0.1, -0.05) is 12.1 Å². The molecule has 0 spiro atoms. The summed E-state index contributed by atoms with van der Waals surface area (Å²) >= 11 is 0. The summed E-state index contributed by atoms with van der Waals surface area (Å²) in [5.74, 6) is 1.94. The van der Waals surface area contributed by atoms with E-state index < -0.39 is 0 Å². The third kappa shape index (κ3) is 4.87. The van der Waals surface area contributed by atoms with Crippen LogP contribution in [-0.2, 0) is 11.3 Å². The lowest BCUT2D eigenvalue weighted by Gasteiger charge is -2.21. The van der Waals surface area contributed by atoms with Crippen molar-refractivity contribution in [3.05, 3.63) is 28.8 Å². The minimum atomic E-state index is 0.382. The number of aromatic hydroxyl groups is 1. The summed E-state index contributed by atoms with van der Waals surface area (Å²) in [6.07, 6.45) is 1.15. The number of aryl methyl sites for hydroxylation is 2. The summed E-state index contributed by atoms with van der Waals surface area (Å²) in [5.41, 5.74) is 2.94. The van der Waals surface area contributed by atoms with E-state index in [1.807, 2.05) is 32.9 Å². The molecule has 0 radical (unpaired) electrons. The fraction of sp³-hybridized carbons (Fsp3) is 0.632. The lowest BCUT2D eigenvalue weighted by atomic mass is 10.1. The van der Waals surface area contributed by atoms with Crippen LogP contribution < -0.4 is 5.32 Å². The molecule has 5 nitrogen and oxygen atoms in total. The standard InChI is InChI=1S/C19H31N3O2/c1-5-20-19(22-8-7-16(12-22)13-24-6-2)21-11-17-9-14(3)18(23)15(4)10-17/h9-10,16,23H,5-8,11-13H2,1-4H3,(H,20,21). The molecule has 2 N–H and O–H groups in total. The number of hydrogen-bond acceptors (Lipinski definition) is 3. The molecule has 1 aromatic carbocycles. The van der Waals surface area contributed by atoms with E-state index in [-0.39, 0.29) is 0 Å². The average Bonchev–Trinajstić information content (AvgIpc) is 3.03. The number of ether oxygens (including phenoxy) is 1. The van der Waals surface area contributed by atoms with Crippen LogP contribution in [0.2, 0.25) is 0 Å². The molecule has 1 aromatic rings. The maximum absolute atomic E-state index is 9.90. The largest absolute Gasteiger partial charge is 0.507 e. The monoisotopic (exact) mass is 333 g/mol. The first-order valence-electron chi connectivity index (χ1n) is 8.95. The number of phenolic OH excluding ortho intramolecular Hbond substituents is 1. The molecule has 0 saturated carbocycles. The van der Waals surface area contributed by atoms with E-state index >= 15 is 0 Å². The molecule has 1 saturated heterocycles. The highest BCUT2D eigenvalue weighted by Gasteiger charge is 2.24. The number of hydrogen-bond donors (Lipinski definition) is 2. The average molecular weight is 333 g/mol. The maximum atomic E-state index is 9.90. The molecular formula is C19H31N3O2. The fourth-order valence-corrected chi connectivity index (χ4v) is 3.17. The van der Waals surface area contributed by atoms with E-state index in [1.54, 1.807) is 0 Å². The van der Waals surface area contributed by atoms with Gasteiger partial charge in [0.05, 0.1) is 13.2 Å². The minimum Gasteiger partial charge on any atom is -0.507 e. The molecule has 0 bridgehead atoms. The third-order valence-electron chi connectivity index (χ3n) is 4.44. The summed E-state index contributed by atoms with van der Waals surface area (Å²) in [7, 11) is 0. The number of benzene rings is 1. The van der Waals surface area contributed by atoms with Gasteiger partial charge in [0, 0.05) is 32.2 Å². The number of phenols is 1. The molecule has 24 heavy (non-hydrogen) atoms. The Balaban J connectivity index is 2.03. The molecule has 1 aliphatic rings. The van der Waals surface area contributed by atoms with Gasteiger partial charge < -0.3 is 20.1 Å². The molecule has 1 aliphatic heterocycles. The Kier molecular flexibility index (Phi) is 6.91. The van der Waals surface area contributed by atoms with Gasteiger partial charge in [-0.25, -0.2) is 4.99 Å². The summed E-state index contributed by atoms with van der Waals surface area (Å²) in [4.78, 5) is 7.13. The molecule has 1 atom stereocenters. The second kappa shape index (κ2) is 8.92. The Hall–Kier alpha value is -1.75. The molecule has 0 aromatic heterocycles. The van der Waals surface area contributed by atoms with E-state index in [9.17, 15) is 5.11 Å². The zero-order valence-corrected chi connectivity index (χ0v) is 15.4. The van der Waals surface area contributed by atoms with Crippen molar-refractivity contribution in [2.75, 3.05) is 32.8 Å². The van der Waals surface area contributed by atoms with Crippen molar-refractivity contribution < 1.29 is 9.84 Å². The van der Waals surface area contributed by atoms with Crippen molar-refractivity contribution in [2.24, 2.45) is 10.9 Å². The Labute approximate surface area is 145 Å². The van der Waals surface area contributed by atoms with E-state index in [4.69, 9.17) is 9.73 Å². The first kappa shape index (κ1) is 18.6. The molecule has 0 amide bonds. The first-order chi connectivity index (χ1) is 11.5. The fourth-order valence-electron chi connectivity index (χ4n) is 3.17. The molecule has 1 heterocycles. The van der Waals surface area contributed by atoms with Gasteiger partial charge >= 0.3 is 0 Å². The smallest absolute Gasteiger partial charge is 0.194 e. The van der Waals surface area contributed by atoms with Gasteiger partial charge in [0.25, 0.3) is 0 Å². The van der Waals surface area contributed by atoms with Crippen LogP contribution in [0.1, 0.15) is 37.0 Å². The zero-order valence-electron chi connectivity index (χ0n) is 15.4. The predicted octanol–water partition coefficient (Wildman–Crippen LogP) is 2.83. The van der Waals surface area contributed by atoms with Gasteiger partial charge in [-0.15, -0.1) is 0 Å². The molecule has 1 unspecified atom stereocenters. The zero-order chi connectivity index (χ0) is 17.5. The lowest BCUT2D eigenvalue weighted by molar-refractivity contribution is 0.114. The third-order valence-corrected chi connectivity index (χ3v) is 4.44. The van der Waals surface area contributed by atoms with Gasteiger partial charge in [0.2, 0.25) is 0 Å². The Morgan fingerprint density at radius 2 is 2.04 bits per heavy atom. The topological polar surface area (TPSA) is 57.1 Å². The summed E-state index contributed by atoms with van der Waals surface area (Å²) < 4.78 is 5.56. The van der Waals surface area contributed by atoms with Crippen molar-refractivity contribution in [3.8, 4) is 5.75 Å². The van der Waals surface area contributed by atoms with Gasteiger partial charge in [-0.3, -0.25) is 0 Å². The quantitative estimate of drug-likeness (QED) is 0.621. The number of nitrogens with zero attached hydrogens (tertiary/aromatic N) is 2. The van der Waals surface area contributed by atoms with Crippen LogP contribution in [0.25, 0.3) is 0 Å². The SMILES string of the molecule is CCNC(=NCc1cc(C)c(O)c(C)c1)N1CCC(COCC)C1. The van der Waals surface area contributed by atoms with E-state index in [2.05, 4.69) is 17.1 Å². The molecule has 5 heteroatoms. The number of rotatable bonds is 6. The first-order valence-corrected chi connectivity index (χ1v) is 8.95. The Morgan fingerprint density at radius 3 is 2.67 bits per heavy atom. The van der Waals surface area contributed by atoms with Crippen LogP contribution in [0.5, 0.6) is 5.75 Å². The van der Waals surface area contributed by atoms with E-state index in [0.29, 0.717) is 18.2 Å². The molecular weight excluding hydrogens is 302 g/mol. The van der Waals surface area contributed by atoms with Crippen LogP contribution in [0.15, 0.2) is 17.1 Å². The van der Waals surface area contributed by atoms with E-state index in [0.717, 1.165) is 61.9 Å². The van der Waals surface area contributed by atoms with Crippen molar-refractivity contribution >= 4 is 5.96 Å². The van der Waals surface area contributed by atoms with Crippen LogP contribution in [0.4, 0.5) is 0 Å². The number of likely N-dealkylation sites (tertiary alicyclic amines) is 1. The van der Waals surface area contributed by atoms with Gasteiger partial charge in [0.1, 0.15) is 5.75 Å². The van der Waals surface area contributed by atoms with Crippen molar-refractivity contribution in [2.45, 2.75) is 40.7 Å². The van der Waals surface area contributed by atoms with Crippen molar-refractivity contribution in [1.29, 1.82) is 0 Å². The number of aliphatic imine (C=N–C) groups is 1. The maximum Gasteiger partial charge on any atom is 0.194 e. The molecule has 134 valence electrons.